The SMILES string of the molecule is CCNC(c1cnccn1)c1cc(Cl)ccc1Cl. The number of rotatable bonds is 4. The zero-order valence-electron chi connectivity index (χ0n) is 9.90. The summed E-state index contributed by atoms with van der Waals surface area (Å²) in [7, 11) is 0. The van der Waals surface area contributed by atoms with Crippen LogP contribution in [0.3, 0.4) is 0 Å². The van der Waals surface area contributed by atoms with E-state index in [9.17, 15) is 0 Å². The lowest BCUT2D eigenvalue weighted by atomic mass is 10.0. The lowest BCUT2D eigenvalue weighted by Gasteiger charge is -2.18. The van der Waals surface area contributed by atoms with Crippen molar-refractivity contribution in [3.8, 4) is 0 Å². The van der Waals surface area contributed by atoms with Crippen LogP contribution in [-0.4, -0.2) is 16.5 Å². The molecule has 5 heteroatoms. The van der Waals surface area contributed by atoms with Crippen molar-refractivity contribution in [2.75, 3.05) is 6.54 Å². The van der Waals surface area contributed by atoms with Gasteiger partial charge in [0, 0.05) is 22.4 Å². The minimum atomic E-state index is -0.102. The van der Waals surface area contributed by atoms with E-state index in [0.717, 1.165) is 17.8 Å². The van der Waals surface area contributed by atoms with Gasteiger partial charge in [-0.05, 0) is 30.3 Å². The zero-order valence-corrected chi connectivity index (χ0v) is 11.4. The second kappa shape index (κ2) is 6.14. The molecule has 1 heterocycles. The van der Waals surface area contributed by atoms with Crippen LogP contribution >= 0.6 is 23.2 Å². The van der Waals surface area contributed by atoms with Gasteiger partial charge >= 0.3 is 0 Å². The molecule has 0 aliphatic heterocycles. The monoisotopic (exact) mass is 281 g/mol. The van der Waals surface area contributed by atoms with Gasteiger partial charge in [0.05, 0.1) is 17.9 Å². The Balaban J connectivity index is 2.44. The molecule has 1 atom stereocenters. The molecule has 0 saturated heterocycles. The summed E-state index contributed by atoms with van der Waals surface area (Å²) in [5.74, 6) is 0. The second-order valence-corrected chi connectivity index (χ2v) is 4.63. The predicted molar refractivity (Wildman–Crippen MR) is 74.0 cm³/mol. The van der Waals surface area contributed by atoms with Crippen molar-refractivity contribution in [2.45, 2.75) is 13.0 Å². The fourth-order valence-corrected chi connectivity index (χ4v) is 2.18. The van der Waals surface area contributed by atoms with Crippen LogP contribution in [0.4, 0.5) is 0 Å². The summed E-state index contributed by atoms with van der Waals surface area (Å²) in [6, 6.07) is 5.31. The highest BCUT2D eigenvalue weighted by Crippen LogP contribution is 2.29. The normalized spacial score (nSPS) is 12.4. The smallest absolute Gasteiger partial charge is 0.0802 e. The quantitative estimate of drug-likeness (QED) is 0.932. The molecule has 1 aromatic heterocycles. The number of hydrogen-bond donors (Lipinski definition) is 1. The van der Waals surface area contributed by atoms with Gasteiger partial charge in [-0.1, -0.05) is 30.1 Å². The Labute approximate surface area is 116 Å². The Morgan fingerprint density at radius 1 is 1.28 bits per heavy atom. The average molecular weight is 282 g/mol. The summed E-state index contributed by atoms with van der Waals surface area (Å²) in [5, 5.41) is 4.65. The molecular formula is C13H13Cl2N3. The first-order chi connectivity index (χ1) is 8.72. The molecule has 18 heavy (non-hydrogen) atoms. The summed E-state index contributed by atoms with van der Waals surface area (Å²) in [6.07, 6.45) is 5.04. The molecule has 1 unspecified atom stereocenters. The fourth-order valence-electron chi connectivity index (χ4n) is 1.77. The summed E-state index contributed by atoms with van der Waals surface area (Å²) in [4.78, 5) is 8.40. The van der Waals surface area contributed by atoms with Crippen molar-refractivity contribution >= 4 is 23.2 Å². The fraction of sp³-hybridized carbons (Fsp3) is 0.231. The van der Waals surface area contributed by atoms with Crippen molar-refractivity contribution in [1.82, 2.24) is 15.3 Å². The summed E-state index contributed by atoms with van der Waals surface area (Å²) < 4.78 is 0. The van der Waals surface area contributed by atoms with E-state index in [0.29, 0.717) is 10.0 Å². The van der Waals surface area contributed by atoms with Crippen molar-refractivity contribution in [3.63, 3.8) is 0 Å². The molecule has 0 radical (unpaired) electrons. The maximum absolute atomic E-state index is 6.23. The van der Waals surface area contributed by atoms with E-state index in [1.54, 1.807) is 30.7 Å². The highest BCUT2D eigenvalue weighted by atomic mass is 35.5. The van der Waals surface area contributed by atoms with Gasteiger partial charge in [0.2, 0.25) is 0 Å². The lowest BCUT2D eigenvalue weighted by Crippen LogP contribution is -2.23. The number of nitrogens with zero attached hydrogens (tertiary/aromatic N) is 2. The Morgan fingerprint density at radius 3 is 2.78 bits per heavy atom. The third-order valence-electron chi connectivity index (χ3n) is 2.56. The van der Waals surface area contributed by atoms with E-state index in [4.69, 9.17) is 23.2 Å². The highest BCUT2D eigenvalue weighted by molar-refractivity contribution is 6.33. The van der Waals surface area contributed by atoms with Gasteiger partial charge in [-0.3, -0.25) is 9.97 Å². The van der Waals surface area contributed by atoms with Gasteiger partial charge in [0.25, 0.3) is 0 Å². The van der Waals surface area contributed by atoms with Crippen LogP contribution in [0.5, 0.6) is 0 Å². The second-order valence-electron chi connectivity index (χ2n) is 3.79. The van der Waals surface area contributed by atoms with E-state index in [-0.39, 0.29) is 6.04 Å². The number of benzene rings is 1. The van der Waals surface area contributed by atoms with E-state index in [1.807, 2.05) is 13.0 Å². The standard InChI is InChI=1S/C13H13Cl2N3/c1-2-17-13(12-8-16-5-6-18-12)10-7-9(14)3-4-11(10)15/h3-8,13,17H,2H2,1H3. The molecule has 94 valence electrons. The van der Waals surface area contributed by atoms with Crippen LogP contribution < -0.4 is 5.32 Å². The van der Waals surface area contributed by atoms with Crippen molar-refractivity contribution in [2.24, 2.45) is 0 Å². The van der Waals surface area contributed by atoms with E-state index >= 15 is 0 Å². The van der Waals surface area contributed by atoms with Crippen LogP contribution in [0.25, 0.3) is 0 Å². The third-order valence-corrected chi connectivity index (χ3v) is 3.14. The van der Waals surface area contributed by atoms with Crippen LogP contribution in [-0.2, 0) is 0 Å². The van der Waals surface area contributed by atoms with Gasteiger partial charge in [-0.15, -0.1) is 0 Å². The molecule has 0 aliphatic rings. The van der Waals surface area contributed by atoms with E-state index in [2.05, 4.69) is 15.3 Å². The van der Waals surface area contributed by atoms with Gasteiger partial charge in [0.15, 0.2) is 0 Å². The minimum Gasteiger partial charge on any atom is -0.305 e. The summed E-state index contributed by atoms with van der Waals surface area (Å²) >= 11 is 12.3. The van der Waals surface area contributed by atoms with Crippen molar-refractivity contribution in [3.05, 3.63) is 58.1 Å². The maximum atomic E-state index is 6.23. The Morgan fingerprint density at radius 2 is 2.11 bits per heavy atom. The number of aromatic nitrogens is 2. The zero-order chi connectivity index (χ0) is 13.0. The Kier molecular flexibility index (Phi) is 4.53. The maximum Gasteiger partial charge on any atom is 0.0802 e. The highest BCUT2D eigenvalue weighted by Gasteiger charge is 2.17. The molecule has 1 N–H and O–H groups in total. The summed E-state index contributed by atoms with van der Waals surface area (Å²) in [6.45, 7) is 2.83. The van der Waals surface area contributed by atoms with Crippen LogP contribution in [0, 0.1) is 0 Å². The van der Waals surface area contributed by atoms with Crippen molar-refractivity contribution in [1.29, 1.82) is 0 Å². The first-order valence-electron chi connectivity index (χ1n) is 5.66. The molecule has 0 amide bonds. The molecular weight excluding hydrogens is 269 g/mol. The molecule has 1 aromatic carbocycles. The molecule has 0 saturated carbocycles. The lowest BCUT2D eigenvalue weighted by molar-refractivity contribution is 0.613. The Bertz CT molecular complexity index is 517. The number of halogens is 2. The molecule has 3 nitrogen and oxygen atoms in total. The van der Waals surface area contributed by atoms with Gasteiger partial charge in [0.1, 0.15) is 0 Å². The third kappa shape index (κ3) is 2.99. The van der Waals surface area contributed by atoms with Crippen LogP contribution in [0.15, 0.2) is 36.8 Å². The van der Waals surface area contributed by atoms with Crippen LogP contribution in [0.2, 0.25) is 10.0 Å². The van der Waals surface area contributed by atoms with Crippen LogP contribution in [0.1, 0.15) is 24.2 Å². The summed E-state index contributed by atoms with van der Waals surface area (Å²) in [5.41, 5.74) is 1.73. The average Bonchev–Trinajstić information content (AvgIpc) is 2.40. The van der Waals surface area contributed by atoms with Gasteiger partial charge in [-0.25, -0.2) is 0 Å². The first kappa shape index (κ1) is 13.3. The predicted octanol–water partition coefficient (Wildman–Crippen LogP) is 3.48. The van der Waals surface area contributed by atoms with E-state index in [1.165, 1.54) is 0 Å². The number of nitrogens with one attached hydrogen (secondary N) is 1. The first-order valence-corrected chi connectivity index (χ1v) is 6.42. The molecule has 2 aromatic rings. The molecule has 0 fully saturated rings. The molecule has 2 rings (SSSR count). The van der Waals surface area contributed by atoms with Gasteiger partial charge in [-0.2, -0.15) is 0 Å². The van der Waals surface area contributed by atoms with Gasteiger partial charge < -0.3 is 5.32 Å². The van der Waals surface area contributed by atoms with E-state index < -0.39 is 0 Å². The topological polar surface area (TPSA) is 37.8 Å². The Hall–Kier alpha value is -1.16. The molecule has 0 aliphatic carbocycles. The largest absolute Gasteiger partial charge is 0.305 e. The molecule has 0 spiro atoms. The number of hydrogen-bond acceptors (Lipinski definition) is 3. The molecule has 0 bridgehead atoms. The van der Waals surface area contributed by atoms with Crippen molar-refractivity contribution < 1.29 is 0 Å². The minimum absolute atomic E-state index is 0.102.